The molecule has 2 heterocycles. The zero-order chi connectivity index (χ0) is 10.0. The highest BCUT2D eigenvalue weighted by Gasteiger charge is 2.18. The predicted octanol–water partition coefficient (Wildman–Crippen LogP) is 2.87. The Kier molecular flexibility index (Phi) is 2.42. The van der Waals surface area contributed by atoms with E-state index in [0.717, 1.165) is 10.7 Å². The van der Waals surface area contributed by atoms with Crippen molar-refractivity contribution in [2.24, 2.45) is 4.99 Å². The molecule has 0 unspecified atom stereocenters. The maximum absolute atomic E-state index is 4.61. The van der Waals surface area contributed by atoms with E-state index in [-0.39, 0.29) is 5.54 Å². The summed E-state index contributed by atoms with van der Waals surface area (Å²) in [5.41, 5.74) is 0.855. The molecular formula is C11H12N2S. The van der Waals surface area contributed by atoms with Crippen molar-refractivity contribution in [2.45, 2.75) is 19.4 Å². The Balaban J connectivity index is 2.33. The SMILES string of the molecule is CC1(C)C=CSC(c2ccccn2)=N1. The lowest BCUT2D eigenvalue weighted by atomic mass is 10.1. The second kappa shape index (κ2) is 3.58. The van der Waals surface area contributed by atoms with Crippen molar-refractivity contribution in [2.75, 3.05) is 0 Å². The molecule has 1 aliphatic rings. The molecule has 3 heteroatoms. The summed E-state index contributed by atoms with van der Waals surface area (Å²) in [4.78, 5) is 8.90. The van der Waals surface area contributed by atoms with Gasteiger partial charge in [0.15, 0.2) is 0 Å². The fourth-order valence-electron chi connectivity index (χ4n) is 1.20. The first kappa shape index (κ1) is 9.46. The summed E-state index contributed by atoms with van der Waals surface area (Å²) in [6, 6.07) is 5.89. The van der Waals surface area contributed by atoms with Crippen LogP contribution in [0.25, 0.3) is 0 Å². The van der Waals surface area contributed by atoms with Crippen LogP contribution in [0.15, 0.2) is 40.9 Å². The Morgan fingerprint density at radius 3 is 2.79 bits per heavy atom. The molecule has 0 saturated carbocycles. The van der Waals surface area contributed by atoms with Crippen molar-refractivity contribution in [3.8, 4) is 0 Å². The topological polar surface area (TPSA) is 25.2 Å². The maximum atomic E-state index is 4.61. The summed E-state index contributed by atoms with van der Waals surface area (Å²) < 4.78 is 0. The van der Waals surface area contributed by atoms with Gasteiger partial charge < -0.3 is 0 Å². The Bertz CT molecular complexity index is 380. The van der Waals surface area contributed by atoms with Gasteiger partial charge in [-0.25, -0.2) is 0 Å². The Morgan fingerprint density at radius 1 is 1.29 bits per heavy atom. The lowest BCUT2D eigenvalue weighted by Crippen LogP contribution is -2.18. The molecule has 0 amide bonds. The van der Waals surface area contributed by atoms with Crippen molar-refractivity contribution in [3.63, 3.8) is 0 Å². The smallest absolute Gasteiger partial charge is 0.121 e. The van der Waals surface area contributed by atoms with E-state index in [1.165, 1.54) is 0 Å². The Labute approximate surface area is 88.2 Å². The summed E-state index contributed by atoms with van der Waals surface area (Å²) >= 11 is 1.63. The lowest BCUT2D eigenvalue weighted by molar-refractivity contribution is 0.659. The molecule has 0 fully saturated rings. The zero-order valence-electron chi connectivity index (χ0n) is 8.27. The first-order valence-corrected chi connectivity index (χ1v) is 5.41. The highest BCUT2D eigenvalue weighted by molar-refractivity contribution is 8.16. The van der Waals surface area contributed by atoms with E-state index in [1.54, 1.807) is 18.0 Å². The molecule has 1 aromatic heterocycles. The van der Waals surface area contributed by atoms with E-state index in [1.807, 2.05) is 18.2 Å². The first-order chi connectivity index (χ1) is 6.67. The zero-order valence-corrected chi connectivity index (χ0v) is 9.08. The van der Waals surface area contributed by atoms with Crippen molar-refractivity contribution >= 4 is 16.8 Å². The number of aromatic nitrogens is 1. The number of aliphatic imine (C=N–C) groups is 1. The van der Waals surface area contributed by atoms with E-state index in [0.29, 0.717) is 0 Å². The molecule has 72 valence electrons. The van der Waals surface area contributed by atoms with Gasteiger partial charge >= 0.3 is 0 Å². The number of thioether (sulfide) groups is 1. The third-order valence-corrected chi connectivity index (χ3v) is 2.73. The fourth-order valence-corrected chi connectivity index (χ4v) is 2.26. The van der Waals surface area contributed by atoms with Crippen LogP contribution >= 0.6 is 11.8 Å². The number of hydrogen-bond donors (Lipinski definition) is 0. The van der Waals surface area contributed by atoms with Crippen molar-refractivity contribution < 1.29 is 0 Å². The van der Waals surface area contributed by atoms with Crippen molar-refractivity contribution in [1.29, 1.82) is 0 Å². The van der Waals surface area contributed by atoms with Crippen LogP contribution in [0.5, 0.6) is 0 Å². The van der Waals surface area contributed by atoms with Gasteiger partial charge in [-0.2, -0.15) is 0 Å². The predicted molar refractivity (Wildman–Crippen MR) is 61.6 cm³/mol. The average Bonchev–Trinajstić information content (AvgIpc) is 2.18. The van der Waals surface area contributed by atoms with Crippen LogP contribution in [-0.2, 0) is 0 Å². The van der Waals surface area contributed by atoms with Gasteiger partial charge in [0.25, 0.3) is 0 Å². The minimum absolute atomic E-state index is 0.0991. The standard InChI is InChI=1S/C11H12N2S/c1-11(2)6-8-14-10(13-11)9-5-3-4-7-12-9/h3-8H,1-2H3. The molecule has 1 aromatic rings. The third-order valence-electron chi connectivity index (χ3n) is 1.93. The molecule has 2 nitrogen and oxygen atoms in total. The van der Waals surface area contributed by atoms with Gasteiger partial charge in [-0.3, -0.25) is 9.98 Å². The number of pyridine rings is 1. The molecule has 0 bridgehead atoms. The van der Waals surface area contributed by atoms with Gasteiger partial charge in [-0.1, -0.05) is 23.9 Å². The summed E-state index contributed by atoms with van der Waals surface area (Å²) in [5, 5.41) is 3.08. The molecule has 0 aliphatic carbocycles. The van der Waals surface area contributed by atoms with Gasteiger partial charge in [-0.15, -0.1) is 0 Å². The molecule has 0 radical (unpaired) electrons. The lowest BCUT2D eigenvalue weighted by Gasteiger charge is -2.20. The monoisotopic (exact) mass is 204 g/mol. The third kappa shape index (κ3) is 2.04. The summed E-state index contributed by atoms with van der Waals surface area (Å²) in [5.74, 6) is 0. The second-order valence-electron chi connectivity index (χ2n) is 3.71. The maximum Gasteiger partial charge on any atom is 0.121 e. The summed E-state index contributed by atoms with van der Waals surface area (Å²) in [6.07, 6.45) is 3.90. The van der Waals surface area contributed by atoms with Crippen molar-refractivity contribution in [3.05, 3.63) is 41.6 Å². The Morgan fingerprint density at radius 2 is 2.14 bits per heavy atom. The highest BCUT2D eigenvalue weighted by Crippen LogP contribution is 2.25. The van der Waals surface area contributed by atoms with E-state index in [9.17, 15) is 0 Å². The van der Waals surface area contributed by atoms with Crippen LogP contribution < -0.4 is 0 Å². The normalized spacial score (nSPS) is 19.1. The van der Waals surface area contributed by atoms with Crippen LogP contribution in [0.2, 0.25) is 0 Å². The number of hydrogen-bond acceptors (Lipinski definition) is 3. The first-order valence-electron chi connectivity index (χ1n) is 4.53. The van der Waals surface area contributed by atoms with Crippen LogP contribution in [0, 0.1) is 0 Å². The quantitative estimate of drug-likeness (QED) is 0.702. The van der Waals surface area contributed by atoms with E-state index in [2.05, 4.69) is 35.3 Å². The minimum atomic E-state index is -0.0991. The van der Waals surface area contributed by atoms with Crippen LogP contribution in [0.4, 0.5) is 0 Å². The number of rotatable bonds is 1. The van der Waals surface area contributed by atoms with Crippen LogP contribution in [-0.4, -0.2) is 15.6 Å². The molecular weight excluding hydrogens is 192 g/mol. The van der Waals surface area contributed by atoms with Crippen LogP contribution in [0.1, 0.15) is 19.5 Å². The van der Waals surface area contributed by atoms with Gasteiger partial charge in [0, 0.05) is 6.20 Å². The molecule has 2 rings (SSSR count). The average molecular weight is 204 g/mol. The highest BCUT2D eigenvalue weighted by atomic mass is 32.2. The second-order valence-corrected chi connectivity index (χ2v) is 4.60. The summed E-state index contributed by atoms with van der Waals surface area (Å²) in [7, 11) is 0. The molecule has 0 aromatic carbocycles. The van der Waals surface area contributed by atoms with E-state index in [4.69, 9.17) is 0 Å². The Hall–Kier alpha value is -1.09. The van der Waals surface area contributed by atoms with Crippen LogP contribution in [0.3, 0.4) is 0 Å². The van der Waals surface area contributed by atoms with E-state index >= 15 is 0 Å². The number of nitrogens with zero attached hydrogens (tertiary/aromatic N) is 2. The molecule has 0 atom stereocenters. The fraction of sp³-hybridized carbons (Fsp3) is 0.273. The minimum Gasteiger partial charge on any atom is -0.266 e. The molecule has 14 heavy (non-hydrogen) atoms. The van der Waals surface area contributed by atoms with Crippen molar-refractivity contribution in [1.82, 2.24) is 4.98 Å². The molecule has 0 saturated heterocycles. The van der Waals surface area contributed by atoms with E-state index < -0.39 is 0 Å². The largest absolute Gasteiger partial charge is 0.266 e. The van der Waals surface area contributed by atoms with Gasteiger partial charge in [0.1, 0.15) is 5.04 Å². The molecule has 1 aliphatic heterocycles. The molecule has 0 spiro atoms. The van der Waals surface area contributed by atoms with Gasteiger partial charge in [-0.05, 0) is 31.4 Å². The van der Waals surface area contributed by atoms with Gasteiger partial charge in [0.05, 0.1) is 11.2 Å². The van der Waals surface area contributed by atoms with Gasteiger partial charge in [0.2, 0.25) is 0 Å². The molecule has 0 N–H and O–H groups in total. The summed E-state index contributed by atoms with van der Waals surface area (Å²) in [6.45, 7) is 4.18.